The molecule has 0 heterocycles. The average Bonchev–Trinajstić information content (AvgIpc) is 2.32. The number of hydrogen-bond donors (Lipinski definition) is 1. The van der Waals surface area contributed by atoms with E-state index < -0.39 is 0 Å². The van der Waals surface area contributed by atoms with Gasteiger partial charge in [-0.25, -0.2) is 0 Å². The normalized spacial score (nSPS) is 26.1. The van der Waals surface area contributed by atoms with Crippen molar-refractivity contribution in [2.75, 3.05) is 13.1 Å². The first-order valence-electron chi connectivity index (χ1n) is 7.90. The Balaban J connectivity index is 2.12. The fourth-order valence-electron chi connectivity index (χ4n) is 3.37. The average molecular weight is 294 g/mol. The van der Waals surface area contributed by atoms with Crippen LogP contribution in [0.4, 0.5) is 0 Å². The van der Waals surface area contributed by atoms with Crippen LogP contribution in [-0.4, -0.2) is 13.1 Å². The van der Waals surface area contributed by atoms with Gasteiger partial charge in [0.2, 0.25) is 0 Å². The molecule has 0 bridgehead atoms. The molecule has 0 aromatic heterocycles. The standard InChI is InChI=1S/C18H28ClN/c1-13(2)11-20-12-18(9-15(10-18)14(3)4)16-7-5-6-8-17(16)19/h5-8,13-15,20H,9-12H2,1-4H3. The van der Waals surface area contributed by atoms with Crippen LogP contribution in [0.15, 0.2) is 24.3 Å². The molecule has 0 saturated heterocycles. The van der Waals surface area contributed by atoms with Gasteiger partial charge in [0.1, 0.15) is 0 Å². The lowest BCUT2D eigenvalue weighted by molar-refractivity contribution is 0.0971. The molecule has 112 valence electrons. The van der Waals surface area contributed by atoms with Crippen molar-refractivity contribution in [3.8, 4) is 0 Å². The predicted molar refractivity (Wildman–Crippen MR) is 88.4 cm³/mol. The SMILES string of the molecule is CC(C)CNCC1(c2ccccc2Cl)CC(C(C)C)C1. The van der Waals surface area contributed by atoms with Crippen molar-refractivity contribution >= 4 is 11.6 Å². The molecule has 1 aliphatic rings. The molecule has 1 saturated carbocycles. The molecule has 1 aliphatic carbocycles. The zero-order chi connectivity index (χ0) is 14.8. The highest BCUT2D eigenvalue weighted by molar-refractivity contribution is 6.31. The monoisotopic (exact) mass is 293 g/mol. The molecule has 1 fully saturated rings. The Hall–Kier alpha value is -0.530. The van der Waals surface area contributed by atoms with E-state index in [0.29, 0.717) is 5.92 Å². The number of hydrogen-bond acceptors (Lipinski definition) is 1. The second-order valence-corrected chi connectivity index (χ2v) is 7.60. The predicted octanol–water partition coefficient (Wildman–Crippen LogP) is 4.89. The smallest absolute Gasteiger partial charge is 0.0444 e. The second-order valence-electron chi connectivity index (χ2n) is 7.20. The van der Waals surface area contributed by atoms with Crippen molar-refractivity contribution in [3.63, 3.8) is 0 Å². The first-order chi connectivity index (χ1) is 9.44. The van der Waals surface area contributed by atoms with E-state index >= 15 is 0 Å². The van der Waals surface area contributed by atoms with Gasteiger partial charge in [0, 0.05) is 17.0 Å². The molecule has 2 rings (SSSR count). The van der Waals surface area contributed by atoms with Gasteiger partial charge < -0.3 is 5.32 Å². The summed E-state index contributed by atoms with van der Waals surface area (Å²) < 4.78 is 0. The van der Waals surface area contributed by atoms with Crippen molar-refractivity contribution in [3.05, 3.63) is 34.9 Å². The highest BCUT2D eigenvalue weighted by atomic mass is 35.5. The lowest BCUT2D eigenvalue weighted by Gasteiger charge is -2.51. The Morgan fingerprint density at radius 1 is 1.20 bits per heavy atom. The van der Waals surface area contributed by atoms with E-state index in [9.17, 15) is 0 Å². The van der Waals surface area contributed by atoms with Crippen LogP contribution in [0, 0.1) is 17.8 Å². The summed E-state index contributed by atoms with van der Waals surface area (Å²) >= 11 is 6.46. The van der Waals surface area contributed by atoms with Crippen molar-refractivity contribution in [1.82, 2.24) is 5.32 Å². The lowest BCUT2D eigenvalue weighted by Crippen LogP contribution is -2.50. The van der Waals surface area contributed by atoms with Crippen LogP contribution in [0.2, 0.25) is 5.02 Å². The molecule has 0 radical (unpaired) electrons. The Kier molecular flexibility index (Phi) is 5.14. The molecule has 0 unspecified atom stereocenters. The summed E-state index contributed by atoms with van der Waals surface area (Å²) in [7, 11) is 0. The highest BCUT2D eigenvalue weighted by Gasteiger charge is 2.46. The molecule has 1 N–H and O–H groups in total. The summed E-state index contributed by atoms with van der Waals surface area (Å²) in [6.07, 6.45) is 2.53. The van der Waals surface area contributed by atoms with E-state index in [1.807, 2.05) is 12.1 Å². The molecule has 0 aliphatic heterocycles. The van der Waals surface area contributed by atoms with Crippen LogP contribution < -0.4 is 5.32 Å². The van der Waals surface area contributed by atoms with Crippen LogP contribution in [0.5, 0.6) is 0 Å². The minimum atomic E-state index is 0.252. The van der Waals surface area contributed by atoms with E-state index in [1.54, 1.807) is 0 Å². The quantitative estimate of drug-likeness (QED) is 0.787. The summed E-state index contributed by atoms with van der Waals surface area (Å²) in [5, 5.41) is 4.59. The van der Waals surface area contributed by atoms with E-state index in [1.165, 1.54) is 18.4 Å². The Morgan fingerprint density at radius 3 is 2.40 bits per heavy atom. The third kappa shape index (κ3) is 3.38. The minimum Gasteiger partial charge on any atom is -0.316 e. The summed E-state index contributed by atoms with van der Waals surface area (Å²) in [5.74, 6) is 2.31. The van der Waals surface area contributed by atoms with Crippen molar-refractivity contribution in [2.24, 2.45) is 17.8 Å². The van der Waals surface area contributed by atoms with Crippen molar-refractivity contribution < 1.29 is 0 Å². The van der Waals surface area contributed by atoms with Gasteiger partial charge in [-0.2, -0.15) is 0 Å². The van der Waals surface area contributed by atoms with Crippen LogP contribution in [-0.2, 0) is 5.41 Å². The molecule has 1 aromatic carbocycles. The largest absolute Gasteiger partial charge is 0.316 e. The Labute approximate surface area is 129 Å². The lowest BCUT2D eigenvalue weighted by atomic mass is 9.56. The van der Waals surface area contributed by atoms with Gasteiger partial charge in [-0.15, -0.1) is 0 Å². The number of halogens is 1. The van der Waals surface area contributed by atoms with Crippen molar-refractivity contribution in [2.45, 2.75) is 46.0 Å². The van der Waals surface area contributed by atoms with E-state index in [2.05, 4.69) is 45.1 Å². The van der Waals surface area contributed by atoms with Gasteiger partial charge >= 0.3 is 0 Å². The van der Waals surface area contributed by atoms with Gasteiger partial charge in [0.05, 0.1) is 0 Å². The molecular formula is C18H28ClN. The van der Waals surface area contributed by atoms with Crippen LogP contribution in [0.25, 0.3) is 0 Å². The summed E-state index contributed by atoms with van der Waals surface area (Å²) in [5.41, 5.74) is 1.59. The zero-order valence-corrected chi connectivity index (χ0v) is 14.0. The van der Waals surface area contributed by atoms with Crippen LogP contribution >= 0.6 is 11.6 Å². The fraction of sp³-hybridized carbons (Fsp3) is 0.667. The van der Waals surface area contributed by atoms with Crippen LogP contribution in [0.3, 0.4) is 0 Å². The highest BCUT2D eigenvalue weighted by Crippen LogP contribution is 2.51. The van der Waals surface area contributed by atoms with Gasteiger partial charge in [-0.1, -0.05) is 57.5 Å². The fourth-order valence-corrected chi connectivity index (χ4v) is 3.70. The second kappa shape index (κ2) is 6.49. The Morgan fingerprint density at radius 2 is 1.85 bits per heavy atom. The maximum Gasteiger partial charge on any atom is 0.0444 e. The van der Waals surface area contributed by atoms with E-state index in [-0.39, 0.29) is 5.41 Å². The van der Waals surface area contributed by atoms with Gasteiger partial charge in [0.15, 0.2) is 0 Å². The first-order valence-corrected chi connectivity index (χ1v) is 8.28. The molecular weight excluding hydrogens is 266 g/mol. The van der Waals surface area contributed by atoms with Crippen LogP contribution in [0.1, 0.15) is 46.1 Å². The van der Waals surface area contributed by atoms with Gasteiger partial charge in [-0.05, 0) is 48.8 Å². The van der Waals surface area contributed by atoms with Gasteiger partial charge in [-0.3, -0.25) is 0 Å². The molecule has 0 atom stereocenters. The molecule has 0 spiro atoms. The maximum atomic E-state index is 6.46. The zero-order valence-electron chi connectivity index (χ0n) is 13.2. The number of benzene rings is 1. The summed E-state index contributed by atoms with van der Waals surface area (Å²) in [4.78, 5) is 0. The van der Waals surface area contributed by atoms with Crippen molar-refractivity contribution in [1.29, 1.82) is 0 Å². The third-order valence-corrected chi connectivity index (χ3v) is 5.04. The minimum absolute atomic E-state index is 0.252. The molecule has 1 aromatic rings. The topological polar surface area (TPSA) is 12.0 Å². The van der Waals surface area contributed by atoms with E-state index in [4.69, 9.17) is 11.6 Å². The third-order valence-electron chi connectivity index (χ3n) is 4.71. The summed E-state index contributed by atoms with van der Waals surface area (Å²) in [6.45, 7) is 11.3. The number of nitrogens with one attached hydrogen (secondary N) is 1. The first kappa shape index (κ1) is 15.9. The summed E-state index contributed by atoms with van der Waals surface area (Å²) in [6, 6.07) is 8.40. The van der Waals surface area contributed by atoms with E-state index in [0.717, 1.165) is 29.9 Å². The Bertz CT molecular complexity index is 433. The molecule has 2 heteroatoms. The molecule has 1 nitrogen and oxygen atoms in total. The molecule has 20 heavy (non-hydrogen) atoms. The maximum absolute atomic E-state index is 6.46. The van der Waals surface area contributed by atoms with Gasteiger partial charge in [0.25, 0.3) is 0 Å². The molecule has 0 amide bonds. The number of rotatable bonds is 6.